The normalized spacial score (nSPS) is 10.2. The van der Waals surface area contributed by atoms with Gasteiger partial charge in [0.25, 0.3) is 11.8 Å². The molecular formula is C18H18IN3O2S. The van der Waals surface area contributed by atoms with Crippen LogP contribution in [0.1, 0.15) is 34.6 Å². The van der Waals surface area contributed by atoms with E-state index >= 15 is 0 Å². The Bertz CT molecular complexity index is 808. The fraction of sp³-hybridized carbons (Fsp3) is 0.167. The third-order valence-corrected chi connectivity index (χ3v) is 3.99. The molecule has 0 heterocycles. The van der Waals surface area contributed by atoms with Crippen LogP contribution in [-0.4, -0.2) is 23.0 Å². The molecule has 0 aliphatic rings. The SMILES string of the molecule is CC(C)NC(=O)c1cccc(NC(=S)NC(=O)c2cccc(I)c2)c1. The molecule has 0 radical (unpaired) electrons. The van der Waals surface area contributed by atoms with Gasteiger partial charge in [0.2, 0.25) is 0 Å². The Morgan fingerprint density at radius 3 is 2.28 bits per heavy atom. The van der Waals surface area contributed by atoms with E-state index in [2.05, 4.69) is 38.5 Å². The number of benzene rings is 2. The summed E-state index contributed by atoms with van der Waals surface area (Å²) in [5, 5.41) is 8.55. The molecule has 0 saturated heterocycles. The highest BCUT2D eigenvalue weighted by molar-refractivity contribution is 14.1. The van der Waals surface area contributed by atoms with Crippen LogP contribution in [0.25, 0.3) is 0 Å². The molecule has 3 N–H and O–H groups in total. The van der Waals surface area contributed by atoms with Gasteiger partial charge in [-0.25, -0.2) is 0 Å². The van der Waals surface area contributed by atoms with E-state index in [0.29, 0.717) is 16.8 Å². The molecule has 0 aromatic heterocycles. The number of hydrogen-bond donors (Lipinski definition) is 3. The van der Waals surface area contributed by atoms with Crippen LogP contribution in [0, 0.1) is 3.57 Å². The third-order valence-electron chi connectivity index (χ3n) is 3.12. The van der Waals surface area contributed by atoms with Crippen molar-refractivity contribution in [2.75, 3.05) is 5.32 Å². The van der Waals surface area contributed by atoms with Gasteiger partial charge in [-0.1, -0.05) is 12.1 Å². The van der Waals surface area contributed by atoms with Gasteiger partial charge in [-0.2, -0.15) is 0 Å². The molecule has 0 spiro atoms. The first-order valence-electron chi connectivity index (χ1n) is 7.64. The number of amides is 2. The van der Waals surface area contributed by atoms with E-state index in [-0.39, 0.29) is 23.0 Å². The lowest BCUT2D eigenvalue weighted by Gasteiger charge is -2.12. The molecule has 0 aliphatic carbocycles. The van der Waals surface area contributed by atoms with Crippen LogP contribution in [-0.2, 0) is 0 Å². The van der Waals surface area contributed by atoms with E-state index in [0.717, 1.165) is 3.57 Å². The van der Waals surface area contributed by atoms with Crippen LogP contribution in [0.4, 0.5) is 5.69 Å². The lowest BCUT2D eigenvalue weighted by molar-refractivity contribution is 0.0941. The number of carbonyl (C=O) groups excluding carboxylic acids is 2. The minimum absolute atomic E-state index is 0.0538. The van der Waals surface area contributed by atoms with Crippen molar-refractivity contribution in [3.8, 4) is 0 Å². The van der Waals surface area contributed by atoms with Crippen molar-refractivity contribution in [2.45, 2.75) is 19.9 Å². The molecule has 0 bridgehead atoms. The highest BCUT2D eigenvalue weighted by Crippen LogP contribution is 2.11. The molecule has 5 nitrogen and oxygen atoms in total. The monoisotopic (exact) mass is 467 g/mol. The van der Waals surface area contributed by atoms with E-state index < -0.39 is 0 Å². The molecule has 2 amide bonds. The predicted molar refractivity (Wildman–Crippen MR) is 112 cm³/mol. The summed E-state index contributed by atoms with van der Waals surface area (Å²) in [4.78, 5) is 24.2. The summed E-state index contributed by atoms with van der Waals surface area (Å²) in [7, 11) is 0. The van der Waals surface area contributed by atoms with E-state index in [4.69, 9.17) is 12.2 Å². The highest BCUT2D eigenvalue weighted by Gasteiger charge is 2.10. The Labute approximate surface area is 165 Å². The first-order valence-corrected chi connectivity index (χ1v) is 9.12. The molecular weight excluding hydrogens is 449 g/mol. The molecule has 0 saturated carbocycles. The summed E-state index contributed by atoms with van der Waals surface area (Å²) in [6.45, 7) is 3.80. The first-order chi connectivity index (χ1) is 11.8. The van der Waals surface area contributed by atoms with Crippen molar-refractivity contribution in [1.82, 2.24) is 10.6 Å². The summed E-state index contributed by atoms with van der Waals surface area (Å²) in [5.41, 5.74) is 1.68. The molecule has 25 heavy (non-hydrogen) atoms. The molecule has 0 aliphatic heterocycles. The fourth-order valence-electron chi connectivity index (χ4n) is 2.05. The van der Waals surface area contributed by atoms with E-state index in [1.165, 1.54) is 0 Å². The lowest BCUT2D eigenvalue weighted by atomic mass is 10.2. The van der Waals surface area contributed by atoms with Gasteiger partial charge in [-0.15, -0.1) is 0 Å². The predicted octanol–water partition coefficient (Wildman–Crippen LogP) is 3.56. The zero-order valence-electron chi connectivity index (χ0n) is 13.8. The molecule has 2 aromatic rings. The van der Waals surface area contributed by atoms with Crippen LogP contribution in [0.15, 0.2) is 48.5 Å². The van der Waals surface area contributed by atoms with Crippen molar-refractivity contribution in [3.05, 3.63) is 63.2 Å². The third kappa shape index (κ3) is 6.09. The van der Waals surface area contributed by atoms with Crippen LogP contribution >= 0.6 is 34.8 Å². The number of nitrogens with one attached hydrogen (secondary N) is 3. The number of carbonyl (C=O) groups is 2. The van der Waals surface area contributed by atoms with Crippen molar-refractivity contribution in [1.29, 1.82) is 0 Å². The molecule has 2 rings (SSSR count). The van der Waals surface area contributed by atoms with Crippen molar-refractivity contribution < 1.29 is 9.59 Å². The molecule has 7 heteroatoms. The summed E-state index contributed by atoms with van der Waals surface area (Å²) in [6.07, 6.45) is 0. The maximum Gasteiger partial charge on any atom is 0.257 e. The van der Waals surface area contributed by atoms with Crippen molar-refractivity contribution >= 4 is 57.4 Å². The Morgan fingerprint density at radius 1 is 1.00 bits per heavy atom. The standard InChI is InChI=1S/C18H18IN3O2S/c1-11(2)20-16(23)13-6-4-8-15(10-13)21-18(25)22-17(24)12-5-3-7-14(19)9-12/h3-11H,1-2H3,(H,20,23)(H2,21,22,24,25). The van der Waals surface area contributed by atoms with Gasteiger partial charge in [0.15, 0.2) is 5.11 Å². The van der Waals surface area contributed by atoms with Gasteiger partial charge in [-0.05, 0) is 85.1 Å². The van der Waals surface area contributed by atoms with E-state index in [1.54, 1.807) is 36.4 Å². The molecule has 0 unspecified atom stereocenters. The second kappa shape index (κ2) is 8.91. The minimum atomic E-state index is -0.287. The van der Waals surface area contributed by atoms with E-state index in [9.17, 15) is 9.59 Å². The van der Waals surface area contributed by atoms with E-state index in [1.807, 2.05) is 26.0 Å². The first kappa shape index (κ1) is 19.3. The summed E-state index contributed by atoms with van der Waals surface area (Å²) in [5.74, 6) is -0.447. The van der Waals surface area contributed by atoms with Gasteiger partial charge in [0.05, 0.1) is 0 Å². The summed E-state index contributed by atoms with van der Waals surface area (Å²) < 4.78 is 0.966. The number of thiocarbonyl (C=S) groups is 1. The second-order valence-corrected chi connectivity index (χ2v) is 7.28. The van der Waals surface area contributed by atoms with Crippen LogP contribution in [0.3, 0.4) is 0 Å². The quantitative estimate of drug-likeness (QED) is 0.475. The van der Waals surface area contributed by atoms with Gasteiger partial charge in [0.1, 0.15) is 0 Å². The maximum atomic E-state index is 12.2. The number of anilines is 1. The van der Waals surface area contributed by atoms with Crippen LogP contribution in [0.5, 0.6) is 0 Å². The van der Waals surface area contributed by atoms with Gasteiger partial charge in [0, 0.05) is 26.4 Å². The van der Waals surface area contributed by atoms with Gasteiger partial charge in [-0.3, -0.25) is 14.9 Å². The Balaban J connectivity index is 2.01. The minimum Gasteiger partial charge on any atom is -0.350 e. The Kier molecular flexibility index (Phi) is 6.89. The lowest BCUT2D eigenvalue weighted by Crippen LogP contribution is -2.34. The topological polar surface area (TPSA) is 70.2 Å². The molecule has 2 aromatic carbocycles. The number of rotatable bonds is 4. The zero-order valence-corrected chi connectivity index (χ0v) is 16.8. The largest absolute Gasteiger partial charge is 0.350 e. The second-order valence-electron chi connectivity index (χ2n) is 5.63. The zero-order chi connectivity index (χ0) is 18.4. The molecule has 0 atom stereocenters. The van der Waals surface area contributed by atoms with Crippen molar-refractivity contribution in [3.63, 3.8) is 0 Å². The smallest absolute Gasteiger partial charge is 0.257 e. The number of halogens is 1. The fourth-order valence-corrected chi connectivity index (χ4v) is 2.80. The van der Waals surface area contributed by atoms with Crippen LogP contribution < -0.4 is 16.0 Å². The van der Waals surface area contributed by atoms with Crippen LogP contribution in [0.2, 0.25) is 0 Å². The highest BCUT2D eigenvalue weighted by atomic mass is 127. The Morgan fingerprint density at radius 2 is 1.64 bits per heavy atom. The van der Waals surface area contributed by atoms with Gasteiger partial charge < -0.3 is 10.6 Å². The summed E-state index contributed by atoms with van der Waals surface area (Å²) >= 11 is 7.32. The summed E-state index contributed by atoms with van der Waals surface area (Å²) in [6, 6.07) is 14.2. The molecule has 130 valence electrons. The van der Waals surface area contributed by atoms with Crippen molar-refractivity contribution in [2.24, 2.45) is 0 Å². The Hall–Kier alpha value is -2.00. The number of hydrogen-bond acceptors (Lipinski definition) is 3. The maximum absolute atomic E-state index is 12.2. The average molecular weight is 467 g/mol. The molecule has 0 fully saturated rings. The van der Waals surface area contributed by atoms with Gasteiger partial charge >= 0.3 is 0 Å². The average Bonchev–Trinajstić information content (AvgIpc) is 2.54.